The van der Waals surface area contributed by atoms with Crippen molar-refractivity contribution in [3.05, 3.63) is 117 Å². The van der Waals surface area contributed by atoms with E-state index >= 15 is 0 Å². The first-order valence-electron chi connectivity index (χ1n) is 12.8. The fraction of sp³-hybridized carbons (Fsp3) is 0.0938. The summed E-state index contributed by atoms with van der Waals surface area (Å²) in [6.45, 7) is 4.14. The molecule has 2 N–H and O–H groups in total. The highest BCUT2D eigenvalue weighted by atomic mass is 35.5. The number of halogens is 2. The number of hydrogen-bond acceptors (Lipinski definition) is 5. The van der Waals surface area contributed by atoms with Gasteiger partial charge in [-0.15, -0.1) is 0 Å². The van der Waals surface area contributed by atoms with Crippen LogP contribution in [-0.4, -0.2) is 29.7 Å². The Bertz CT molecular complexity index is 1780. The molecule has 9 heteroatoms. The summed E-state index contributed by atoms with van der Waals surface area (Å²) >= 11 is 12.8. The number of ether oxygens (including phenoxy) is 2. The van der Waals surface area contributed by atoms with Crippen LogP contribution >= 0.6 is 23.2 Å². The van der Waals surface area contributed by atoms with Gasteiger partial charge in [-0.25, -0.2) is 10.2 Å². The molecule has 0 fully saturated rings. The molecule has 1 heterocycles. The first kappa shape index (κ1) is 28.0. The molecule has 5 aromatic rings. The lowest BCUT2D eigenvalue weighted by molar-refractivity contribution is 0.0728. The van der Waals surface area contributed by atoms with E-state index in [9.17, 15) is 9.59 Å². The maximum atomic E-state index is 13.3. The van der Waals surface area contributed by atoms with E-state index in [-0.39, 0.29) is 5.75 Å². The standard InChI is InChI=1S/C32H25Cl2N3O4/c1-3-40-28-16-20(10-15-27(28)41-32(39)21-11-8-19(2)9-12-21)18-35-37-31(38)30-29(23-6-4-5-7-25(23)34)24-17-22(33)13-14-26(24)36-30/h4-18,36H,3H2,1-2H3,(H,37,38). The number of hydrazone groups is 1. The van der Waals surface area contributed by atoms with Gasteiger partial charge in [-0.1, -0.05) is 59.1 Å². The number of nitrogens with one attached hydrogen (secondary N) is 2. The first-order valence-corrected chi connectivity index (χ1v) is 13.5. The van der Waals surface area contributed by atoms with Crippen LogP contribution in [0.1, 0.15) is 38.9 Å². The number of hydrogen-bond donors (Lipinski definition) is 2. The normalized spacial score (nSPS) is 11.1. The largest absolute Gasteiger partial charge is 0.490 e. The van der Waals surface area contributed by atoms with Crippen molar-refractivity contribution < 1.29 is 19.1 Å². The molecule has 0 atom stereocenters. The van der Waals surface area contributed by atoms with Gasteiger partial charge >= 0.3 is 5.97 Å². The van der Waals surface area contributed by atoms with E-state index < -0.39 is 11.9 Å². The van der Waals surface area contributed by atoms with Gasteiger partial charge < -0.3 is 14.5 Å². The van der Waals surface area contributed by atoms with Gasteiger partial charge in [-0.2, -0.15) is 5.10 Å². The van der Waals surface area contributed by atoms with Gasteiger partial charge in [0.05, 0.1) is 18.4 Å². The third-order valence-electron chi connectivity index (χ3n) is 6.27. The Labute approximate surface area is 246 Å². The molecule has 0 aliphatic rings. The van der Waals surface area contributed by atoms with Crippen LogP contribution in [0.3, 0.4) is 0 Å². The number of rotatable bonds is 8. The SMILES string of the molecule is CCOc1cc(C=NNC(=O)c2[nH]c3ccc(Cl)cc3c2-c2ccccc2Cl)ccc1OC(=O)c1ccc(C)cc1. The third-order valence-corrected chi connectivity index (χ3v) is 6.83. The highest BCUT2D eigenvalue weighted by Crippen LogP contribution is 2.37. The number of aromatic nitrogens is 1. The predicted molar refractivity (Wildman–Crippen MR) is 163 cm³/mol. The van der Waals surface area contributed by atoms with Crippen LogP contribution in [0.2, 0.25) is 10.0 Å². The molecule has 4 aromatic carbocycles. The molecule has 0 saturated heterocycles. The summed E-state index contributed by atoms with van der Waals surface area (Å²) in [5, 5.41) is 5.94. The molecule has 0 aliphatic heterocycles. The van der Waals surface area contributed by atoms with Crippen molar-refractivity contribution in [2.75, 3.05) is 6.61 Å². The third kappa shape index (κ3) is 6.27. The van der Waals surface area contributed by atoms with Gasteiger partial charge in [0.2, 0.25) is 0 Å². The Hall–Kier alpha value is -4.59. The fourth-order valence-corrected chi connectivity index (χ4v) is 4.71. The number of fused-ring (bicyclic) bond motifs is 1. The molecule has 41 heavy (non-hydrogen) atoms. The van der Waals surface area contributed by atoms with Crippen LogP contribution in [0.5, 0.6) is 11.5 Å². The zero-order valence-corrected chi connectivity index (χ0v) is 23.7. The molecule has 0 bridgehead atoms. The summed E-state index contributed by atoms with van der Waals surface area (Å²) < 4.78 is 11.3. The summed E-state index contributed by atoms with van der Waals surface area (Å²) in [5.41, 5.74) is 7.01. The molecule has 0 saturated carbocycles. The molecule has 1 amide bonds. The molecule has 0 unspecified atom stereocenters. The van der Waals surface area contributed by atoms with Crippen molar-refractivity contribution in [3.8, 4) is 22.6 Å². The van der Waals surface area contributed by atoms with E-state index in [1.165, 1.54) is 6.21 Å². The number of carbonyl (C=O) groups is 2. The van der Waals surface area contributed by atoms with Crippen molar-refractivity contribution in [2.45, 2.75) is 13.8 Å². The topological polar surface area (TPSA) is 92.8 Å². The van der Waals surface area contributed by atoms with E-state index in [0.717, 1.165) is 16.5 Å². The van der Waals surface area contributed by atoms with Crippen molar-refractivity contribution in [2.24, 2.45) is 5.10 Å². The minimum atomic E-state index is -0.492. The summed E-state index contributed by atoms with van der Waals surface area (Å²) in [6.07, 6.45) is 1.47. The van der Waals surface area contributed by atoms with Crippen LogP contribution in [0.4, 0.5) is 0 Å². The molecule has 0 aliphatic carbocycles. The van der Waals surface area contributed by atoms with Crippen LogP contribution in [0.25, 0.3) is 22.0 Å². The highest BCUT2D eigenvalue weighted by Gasteiger charge is 2.21. The lowest BCUT2D eigenvalue weighted by Crippen LogP contribution is -2.19. The van der Waals surface area contributed by atoms with Crippen molar-refractivity contribution in [1.82, 2.24) is 10.4 Å². The van der Waals surface area contributed by atoms with Crippen molar-refractivity contribution >= 4 is 52.2 Å². The number of benzene rings is 4. The predicted octanol–water partition coefficient (Wildman–Crippen LogP) is 7.83. The second-order valence-corrected chi connectivity index (χ2v) is 9.98. The van der Waals surface area contributed by atoms with E-state index in [0.29, 0.717) is 50.3 Å². The van der Waals surface area contributed by atoms with E-state index in [2.05, 4.69) is 15.5 Å². The van der Waals surface area contributed by atoms with E-state index in [4.69, 9.17) is 32.7 Å². The lowest BCUT2D eigenvalue weighted by Gasteiger charge is -2.11. The van der Waals surface area contributed by atoms with Gasteiger partial charge in [0.1, 0.15) is 5.69 Å². The molecule has 5 rings (SSSR count). The summed E-state index contributed by atoms with van der Waals surface area (Å²) in [6, 6.07) is 24.7. The molecule has 7 nitrogen and oxygen atoms in total. The molecule has 0 spiro atoms. The van der Waals surface area contributed by atoms with Crippen molar-refractivity contribution in [3.63, 3.8) is 0 Å². The minimum absolute atomic E-state index is 0.278. The van der Waals surface area contributed by atoms with Crippen LogP contribution in [0, 0.1) is 6.92 Å². The Kier molecular flexibility index (Phi) is 8.38. The highest BCUT2D eigenvalue weighted by molar-refractivity contribution is 6.34. The van der Waals surface area contributed by atoms with Crippen LogP contribution in [0.15, 0.2) is 90.0 Å². The monoisotopic (exact) mass is 585 g/mol. The Morgan fingerprint density at radius 2 is 1.73 bits per heavy atom. The van der Waals surface area contributed by atoms with Crippen LogP contribution in [-0.2, 0) is 0 Å². The summed E-state index contributed by atoms with van der Waals surface area (Å²) in [5.74, 6) is -0.304. The lowest BCUT2D eigenvalue weighted by atomic mass is 10.0. The Morgan fingerprint density at radius 1 is 0.951 bits per heavy atom. The number of H-pyrrole nitrogens is 1. The number of aromatic amines is 1. The maximum absolute atomic E-state index is 13.3. The van der Waals surface area contributed by atoms with Gasteiger partial charge in [-0.3, -0.25) is 4.79 Å². The van der Waals surface area contributed by atoms with Gasteiger partial charge in [0.15, 0.2) is 11.5 Å². The maximum Gasteiger partial charge on any atom is 0.343 e. The van der Waals surface area contributed by atoms with E-state index in [1.54, 1.807) is 54.6 Å². The van der Waals surface area contributed by atoms with E-state index in [1.807, 2.05) is 44.2 Å². The van der Waals surface area contributed by atoms with Gasteiger partial charge in [0.25, 0.3) is 5.91 Å². The number of amides is 1. The number of esters is 1. The first-order chi connectivity index (χ1) is 19.8. The number of aryl methyl sites for hydroxylation is 1. The number of carbonyl (C=O) groups excluding carboxylic acids is 2. The van der Waals surface area contributed by atoms with Gasteiger partial charge in [0, 0.05) is 32.1 Å². The Morgan fingerprint density at radius 3 is 2.49 bits per heavy atom. The Balaban J connectivity index is 1.37. The minimum Gasteiger partial charge on any atom is -0.490 e. The average Bonchev–Trinajstić information content (AvgIpc) is 3.33. The quantitative estimate of drug-likeness (QED) is 0.0839. The smallest absolute Gasteiger partial charge is 0.343 e. The molecule has 0 radical (unpaired) electrons. The molecule has 206 valence electrons. The van der Waals surface area contributed by atoms with Crippen molar-refractivity contribution in [1.29, 1.82) is 0 Å². The summed E-state index contributed by atoms with van der Waals surface area (Å²) in [4.78, 5) is 29.1. The number of nitrogens with zero attached hydrogens (tertiary/aromatic N) is 1. The second-order valence-electron chi connectivity index (χ2n) is 9.14. The zero-order chi connectivity index (χ0) is 28.9. The molecule has 1 aromatic heterocycles. The zero-order valence-electron chi connectivity index (χ0n) is 22.2. The second kappa shape index (κ2) is 12.3. The van der Waals surface area contributed by atoms with Gasteiger partial charge in [-0.05, 0) is 74.0 Å². The fourth-order valence-electron chi connectivity index (χ4n) is 4.31. The molecular formula is C32H25Cl2N3O4. The summed E-state index contributed by atoms with van der Waals surface area (Å²) in [7, 11) is 0. The average molecular weight is 586 g/mol. The molecular weight excluding hydrogens is 561 g/mol. The van der Waals surface area contributed by atoms with Crippen LogP contribution < -0.4 is 14.9 Å².